The molecule has 5 nitrogen and oxygen atoms in total. The summed E-state index contributed by atoms with van der Waals surface area (Å²) < 4.78 is 1.80. The van der Waals surface area contributed by atoms with E-state index in [9.17, 15) is 4.79 Å². The Hall–Kier alpha value is -2.17. The van der Waals surface area contributed by atoms with Crippen molar-refractivity contribution in [1.82, 2.24) is 19.7 Å². The van der Waals surface area contributed by atoms with E-state index < -0.39 is 0 Å². The lowest BCUT2D eigenvalue weighted by molar-refractivity contribution is 0.0600. The Morgan fingerprint density at radius 3 is 2.79 bits per heavy atom. The summed E-state index contributed by atoms with van der Waals surface area (Å²) in [6.07, 6.45) is 7.09. The van der Waals surface area contributed by atoms with Crippen LogP contribution in [0.1, 0.15) is 53.1 Å². The number of hydrogen-bond donors (Lipinski definition) is 0. The predicted octanol–water partition coefficient (Wildman–Crippen LogP) is 3.06. The minimum atomic E-state index is 0.142. The van der Waals surface area contributed by atoms with Crippen molar-refractivity contribution in [3.8, 4) is 0 Å². The molecule has 0 aromatic carbocycles. The fourth-order valence-electron chi connectivity index (χ4n) is 3.66. The average Bonchev–Trinajstić information content (AvgIpc) is 2.86. The Balaban J connectivity index is 1.75. The molecule has 3 rings (SSSR count). The van der Waals surface area contributed by atoms with Crippen molar-refractivity contribution in [3.63, 3.8) is 0 Å². The minimum Gasteiger partial charge on any atom is -0.336 e. The van der Waals surface area contributed by atoms with Gasteiger partial charge < -0.3 is 4.90 Å². The monoisotopic (exact) mass is 326 g/mol. The third-order valence-electron chi connectivity index (χ3n) is 5.07. The number of aryl methyl sites for hydroxylation is 3. The lowest BCUT2D eigenvalue weighted by Crippen LogP contribution is -2.44. The van der Waals surface area contributed by atoms with E-state index in [1.165, 1.54) is 6.42 Å². The maximum atomic E-state index is 13.1. The molecule has 0 N–H and O–H groups in total. The molecule has 1 fully saturated rings. The number of pyridine rings is 1. The molecule has 0 aliphatic carbocycles. The third kappa shape index (κ3) is 3.35. The molecule has 1 aliphatic rings. The van der Waals surface area contributed by atoms with Crippen molar-refractivity contribution in [2.24, 2.45) is 7.05 Å². The van der Waals surface area contributed by atoms with E-state index in [1.807, 2.05) is 39.2 Å². The van der Waals surface area contributed by atoms with E-state index in [0.29, 0.717) is 6.04 Å². The second-order valence-corrected chi connectivity index (χ2v) is 6.68. The highest BCUT2D eigenvalue weighted by molar-refractivity contribution is 5.96. The Labute approximate surface area is 143 Å². The van der Waals surface area contributed by atoms with Crippen molar-refractivity contribution in [2.75, 3.05) is 6.54 Å². The van der Waals surface area contributed by atoms with Crippen molar-refractivity contribution < 1.29 is 4.79 Å². The Bertz CT molecular complexity index is 708. The highest BCUT2D eigenvalue weighted by Crippen LogP contribution is 2.25. The summed E-state index contributed by atoms with van der Waals surface area (Å²) in [5.74, 6) is 0.142. The summed E-state index contributed by atoms with van der Waals surface area (Å²) in [6.45, 7) is 4.74. The van der Waals surface area contributed by atoms with Crippen LogP contribution in [0.4, 0.5) is 0 Å². The van der Waals surface area contributed by atoms with Crippen LogP contribution in [0.5, 0.6) is 0 Å². The molecule has 0 radical (unpaired) electrons. The minimum absolute atomic E-state index is 0.142. The van der Waals surface area contributed by atoms with Gasteiger partial charge in [0.2, 0.25) is 0 Å². The summed E-state index contributed by atoms with van der Waals surface area (Å²) in [4.78, 5) is 19.6. The number of likely N-dealkylation sites (tertiary alicyclic amines) is 1. The van der Waals surface area contributed by atoms with Gasteiger partial charge >= 0.3 is 0 Å². The van der Waals surface area contributed by atoms with Gasteiger partial charge in [-0.15, -0.1) is 0 Å². The zero-order chi connectivity index (χ0) is 17.1. The maximum Gasteiger partial charge on any atom is 0.257 e. The van der Waals surface area contributed by atoms with Gasteiger partial charge in [-0.3, -0.25) is 14.5 Å². The van der Waals surface area contributed by atoms with Crippen LogP contribution in [0.25, 0.3) is 0 Å². The maximum absolute atomic E-state index is 13.1. The summed E-state index contributed by atoms with van der Waals surface area (Å²) in [7, 11) is 1.90. The van der Waals surface area contributed by atoms with E-state index in [4.69, 9.17) is 0 Å². The summed E-state index contributed by atoms with van der Waals surface area (Å²) in [5.41, 5.74) is 3.66. The van der Waals surface area contributed by atoms with Crippen LogP contribution in [0.15, 0.2) is 24.4 Å². The van der Waals surface area contributed by atoms with Gasteiger partial charge in [0.25, 0.3) is 5.91 Å². The van der Waals surface area contributed by atoms with Crippen molar-refractivity contribution >= 4 is 5.91 Å². The third-order valence-corrected chi connectivity index (χ3v) is 5.07. The van der Waals surface area contributed by atoms with Crippen molar-refractivity contribution in [3.05, 3.63) is 47.0 Å². The van der Waals surface area contributed by atoms with Gasteiger partial charge in [0.15, 0.2) is 0 Å². The largest absolute Gasteiger partial charge is 0.336 e. The van der Waals surface area contributed by atoms with Crippen LogP contribution in [0, 0.1) is 13.8 Å². The van der Waals surface area contributed by atoms with E-state index in [0.717, 1.165) is 54.9 Å². The van der Waals surface area contributed by atoms with Gasteiger partial charge in [0.05, 0.1) is 11.3 Å². The fourth-order valence-corrected chi connectivity index (χ4v) is 3.66. The molecule has 1 amide bonds. The van der Waals surface area contributed by atoms with Crippen molar-refractivity contribution in [1.29, 1.82) is 0 Å². The highest BCUT2D eigenvalue weighted by Gasteiger charge is 2.30. The first-order valence-electron chi connectivity index (χ1n) is 8.79. The van der Waals surface area contributed by atoms with E-state index in [-0.39, 0.29) is 5.91 Å². The molecule has 2 aromatic rings. The molecule has 0 spiro atoms. The van der Waals surface area contributed by atoms with E-state index in [1.54, 1.807) is 4.68 Å². The first-order valence-corrected chi connectivity index (χ1v) is 8.79. The predicted molar refractivity (Wildman–Crippen MR) is 93.9 cm³/mol. The van der Waals surface area contributed by atoms with Crippen LogP contribution in [0.3, 0.4) is 0 Å². The quantitative estimate of drug-likeness (QED) is 0.867. The van der Waals surface area contributed by atoms with Gasteiger partial charge in [0, 0.05) is 37.2 Å². The first kappa shape index (κ1) is 16.7. The number of aromatic nitrogens is 3. The van der Waals surface area contributed by atoms with Crippen LogP contribution < -0.4 is 0 Å². The van der Waals surface area contributed by atoms with Crippen LogP contribution in [-0.4, -0.2) is 38.2 Å². The van der Waals surface area contributed by atoms with Crippen LogP contribution >= 0.6 is 0 Å². The molecule has 1 saturated heterocycles. The zero-order valence-corrected chi connectivity index (χ0v) is 14.8. The number of nitrogens with zero attached hydrogens (tertiary/aromatic N) is 4. The smallest absolute Gasteiger partial charge is 0.257 e. The van der Waals surface area contributed by atoms with Gasteiger partial charge in [-0.1, -0.05) is 6.07 Å². The standard InChI is InChI=1S/C19H26N4O/c1-14-18(15(2)22(3)21-14)19(24)23-13-7-5-9-17(23)11-10-16-8-4-6-12-20-16/h4,6,8,12,17H,5,7,9-11,13H2,1-3H3/t17-/m0/s1. The molecule has 0 unspecified atom stereocenters. The summed E-state index contributed by atoms with van der Waals surface area (Å²) in [5, 5.41) is 4.40. The summed E-state index contributed by atoms with van der Waals surface area (Å²) >= 11 is 0. The van der Waals surface area contributed by atoms with Gasteiger partial charge in [-0.2, -0.15) is 5.10 Å². The lowest BCUT2D eigenvalue weighted by atomic mass is 9.96. The molecule has 0 bridgehead atoms. The zero-order valence-electron chi connectivity index (χ0n) is 14.8. The molecule has 128 valence electrons. The highest BCUT2D eigenvalue weighted by atomic mass is 16.2. The lowest BCUT2D eigenvalue weighted by Gasteiger charge is -2.36. The molecule has 3 heterocycles. The van der Waals surface area contributed by atoms with Gasteiger partial charge in [-0.25, -0.2) is 0 Å². The molecule has 0 saturated carbocycles. The molecule has 1 aliphatic heterocycles. The first-order chi connectivity index (χ1) is 11.6. The Kier molecular flexibility index (Phi) is 4.97. The number of carbonyl (C=O) groups is 1. The van der Waals surface area contributed by atoms with Crippen molar-refractivity contribution in [2.45, 2.75) is 52.0 Å². The molecular weight excluding hydrogens is 300 g/mol. The fraction of sp³-hybridized carbons (Fsp3) is 0.526. The normalized spacial score (nSPS) is 18.0. The molecular formula is C19H26N4O. The molecule has 24 heavy (non-hydrogen) atoms. The Morgan fingerprint density at radius 2 is 2.12 bits per heavy atom. The Morgan fingerprint density at radius 1 is 1.29 bits per heavy atom. The molecule has 1 atom stereocenters. The van der Waals surface area contributed by atoms with Crippen LogP contribution in [-0.2, 0) is 13.5 Å². The van der Waals surface area contributed by atoms with E-state index >= 15 is 0 Å². The SMILES string of the molecule is Cc1nn(C)c(C)c1C(=O)N1CCCC[C@H]1CCc1ccccn1. The van der Waals surface area contributed by atoms with E-state index in [2.05, 4.69) is 21.0 Å². The van der Waals surface area contributed by atoms with Gasteiger partial charge in [-0.05, 0) is 58.1 Å². The van der Waals surface area contributed by atoms with Crippen LogP contribution in [0.2, 0.25) is 0 Å². The molecule has 2 aromatic heterocycles. The summed E-state index contributed by atoms with van der Waals surface area (Å²) in [6, 6.07) is 6.32. The number of hydrogen-bond acceptors (Lipinski definition) is 3. The number of amides is 1. The average molecular weight is 326 g/mol. The molecule has 5 heteroatoms. The number of rotatable bonds is 4. The number of carbonyl (C=O) groups excluding carboxylic acids is 1. The topological polar surface area (TPSA) is 51.0 Å². The number of piperidine rings is 1. The second-order valence-electron chi connectivity index (χ2n) is 6.68. The van der Waals surface area contributed by atoms with Gasteiger partial charge in [0.1, 0.15) is 0 Å². The second kappa shape index (κ2) is 7.16.